The summed E-state index contributed by atoms with van der Waals surface area (Å²) in [4.78, 5) is 4.11. The predicted molar refractivity (Wildman–Crippen MR) is 119 cm³/mol. The van der Waals surface area contributed by atoms with Crippen LogP contribution in [0.4, 0.5) is 0 Å². The summed E-state index contributed by atoms with van der Waals surface area (Å²) in [6, 6.07) is 10.9. The first-order valence-electron chi connectivity index (χ1n) is 9.97. The van der Waals surface area contributed by atoms with Crippen molar-refractivity contribution in [2.75, 3.05) is 20.6 Å². The molecule has 0 radical (unpaired) electrons. The summed E-state index contributed by atoms with van der Waals surface area (Å²) >= 11 is 0. The molecule has 0 fully saturated rings. The molecule has 7 heteroatoms. The van der Waals surface area contributed by atoms with E-state index >= 15 is 0 Å². The molecule has 1 N–H and O–H groups in total. The molecule has 0 aliphatic heterocycles. The number of nitrogens with zero attached hydrogens (tertiary/aromatic N) is 3. The van der Waals surface area contributed by atoms with Gasteiger partial charge in [-0.15, -0.1) is 0 Å². The van der Waals surface area contributed by atoms with Gasteiger partial charge in [0.25, 0.3) is 10.2 Å². The molecule has 1 unspecified atom stereocenters. The first-order valence-corrected chi connectivity index (χ1v) is 11.4. The molecule has 156 valence electrons. The third-order valence-electron chi connectivity index (χ3n) is 5.57. The van der Waals surface area contributed by atoms with Crippen LogP contribution in [0.1, 0.15) is 37.6 Å². The average molecular weight is 415 g/mol. The van der Waals surface area contributed by atoms with Gasteiger partial charge in [-0.1, -0.05) is 19.1 Å². The van der Waals surface area contributed by atoms with Crippen molar-refractivity contribution in [2.24, 2.45) is 0 Å². The van der Waals surface area contributed by atoms with Crippen LogP contribution in [0, 0.1) is 6.92 Å². The minimum Gasteiger partial charge on any atom is -0.342 e. The fourth-order valence-corrected chi connectivity index (χ4v) is 4.35. The van der Waals surface area contributed by atoms with Crippen LogP contribution in [0.25, 0.3) is 22.0 Å². The van der Waals surface area contributed by atoms with E-state index in [0.717, 1.165) is 17.5 Å². The zero-order chi connectivity index (χ0) is 21.2. The molecule has 0 amide bonds. The van der Waals surface area contributed by atoms with Gasteiger partial charge in [0.1, 0.15) is 0 Å². The maximum atomic E-state index is 12.0. The molecule has 0 spiro atoms. The van der Waals surface area contributed by atoms with Crippen molar-refractivity contribution in [3.8, 4) is 11.1 Å². The van der Waals surface area contributed by atoms with Crippen LogP contribution in [0.3, 0.4) is 0 Å². The number of benzene rings is 1. The Kier molecular flexibility index (Phi) is 6.41. The third kappa shape index (κ3) is 4.37. The second-order valence-electron chi connectivity index (χ2n) is 7.59. The first kappa shape index (κ1) is 21.5. The molecule has 0 aliphatic rings. The molecular weight excluding hydrogens is 384 g/mol. The van der Waals surface area contributed by atoms with Crippen LogP contribution in [0.2, 0.25) is 0 Å². The number of hydrogen-bond acceptors (Lipinski definition) is 3. The third-order valence-corrected chi connectivity index (χ3v) is 7.10. The lowest BCUT2D eigenvalue weighted by Gasteiger charge is -2.16. The minimum absolute atomic E-state index is 0.359. The molecular formula is C22H30N4O2S. The minimum atomic E-state index is -3.42. The Bertz CT molecular complexity index is 1090. The van der Waals surface area contributed by atoms with Crippen molar-refractivity contribution in [3.05, 3.63) is 54.0 Å². The van der Waals surface area contributed by atoms with Gasteiger partial charge in [0, 0.05) is 55.7 Å². The summed E-state index contributed by atoms with van der Waals surface area (Å²) in [7, 11) is -0.359. The monoisotopic (exact) mass is 414 g/mol. The Labute approximate surface area is 173 Å². The molecule has 3 rings (SSSR count). The zero-order valence-corrected chi connectivity index (χ0v) is 18.6. The van der Waals surface area contributed by atoms with Crippen LogP contribution in [-0.2, 0) is 16.6 Å². The Morgan fingerprint density at radius 1 is 1.14 bits per heavy atom. The van der Waals surface area contributed by atoms with E-state index in [4.69, 9.17) is 0 Å². The van der Waals surface area contributed by atoms with Crippen LogP contribution >= 0.6 is 0 Å². The quantitative estimate of drug-likeness (QED) is 0.607. The van der Waals surface area contributed by atoms with Gasteiger partial charge >= 0.3 is 0 Å². The van der Waals surface area contributed by atoms with Gasteiger partial charge in [-0.2, -0.15) is 12.7 Å². The highest BCUT2D eigenvalue weighted by molar-refractivity contribution is 7.87. The molecule has 3 aromatic rings. The number of aromatic nitrogens is 2. The molecule has 2 aromatic heterocycles. The van der Waals surface area contributed by atoms with E-state index in [1.165, 1.54) is 40.6 Å². The van der Waals surface area contributed by atoms with Crippen molar-refractivity contribution in [3.63, 3.8) is 0 Å². The van der Waals surface area contributed by atoms with E-state index in [1.807, 2.05) is 12.1 Å². The van der Waals surface area contributed by atoms with Gasteiger partial charge in [-0.05, 0) is 61.6 Å². The van der Waals surface area contributed by atoms with E-state index in [9.17, 15) is 8.42 Å². The predicted octanol–water partition coefficient (Wildman–Crippen LogP) is 3.92. The molecule has 29 heavy (non-hydrogen) atoms. The summed E-state index contributed by atoms with van der Waals surface area (Å²) in [6.45, 7) is 6.92. The first-order chi connectivity index (χ1) is 13.8. The van der Waals surface area contributed by atoms with Crippen LogP contribution < -0.4 is 4.72 Å². The Balaban J connectivity index is 2.03. The van der Waals surface area contributed by atoms with E-state index in [-0.39, 0.29) is 0 Å². The van der Waals surface area contributed by atoms with Gasteiger partial charge in [0.2, 0.25) is 0 Å². The molecule has 0 aliphatic carbocycles. The Morgan fingerprint density at radius 2 is 1.83 bits per heavy atom. The molecule has 1 aromatic carbocycles. The highest BCUT2D eigenvalue weighted by Crippen LogP contribution is 2.33. The fourth-order valence-electron chi connectivity index (χ4n) is 3.73. The van der Waals surface area contributed by atoms with Gasteiger partial charge < -0.3 is 4.57 Å². The summed E-state index contributed by atoms with van der Waals surface area (Å²) in [5.41, 5.74) is 5.88. The largest absolute Gasteiger partial charge is 0.342 e. The second kappa shape index (κ2) is 8.65. The number of pyridine rings is 1. The SMILES string of the molecule is CCC(C)n1c(C)c(CCNS(=O)(=O)N(C)C)c2ccc(-c3ccncc3)cc21. The highest BCUT2D eigenvalue weighted by Gasteiger charge is 2.19. The van der Waals surface area contributed by atoms with Gasteiger partial charge in [0.05, 0.1) is 0 Å². The molecule has 0 saturated carbocycles. The lowest BCUT2D eigenvalue weighted by Crippen LogP contribution is -2.36. The standard InChI is InChI=1S/C22H30N4O2S/c1-6-16(2)26-17(3)20(11-14-24-29(27,28)25(4)5)21-8-7-19(15-22(21)26)18-9-12-23-13-10-18/h7-10,12-13,15-16,24H,6,11,14H2,1-5H3. The van der Waals surface area contributed by atoms with Crippen LogP contribution in [0.15, 0.2) is 42.7 Å². The van der Waals surface area contributed by atoms with Crippen molar-refractivity contribution in [2.45, 2.75) is 39.7 Å². The summed E-state index contributed by atoms with van der Waals surface area (Å²) in [6.07, 6.45) is 5.28. The molecule has 0 saturated heterocycles. The normalized spacial score (nSPS) is 13.3. The van der Waals surface area contributed by atoms with Gasteiger partial charge in [-0.3, -0.25) is 4.98 Å². The van der Waals surface area contributed by atoms with Crippen LogP contribution in [0.5, 0.6) is 0 Å². The van der Waals surface area contributed by atoms with Crippen molar-refractivity contribution >= 4 is 21.1 Å². The van der Waals surface area contributed by atoms with Gasteiger partial charge in [-0.25, -0.2) is 4.72 Å². The van der Waals surface area contributed by atoms with Crippen molar-refractivity contribution < 1.29 is 8.42 Å². The Morgan fingerprint density at radius 3 is 2.45 bits per heavy atom. The fraction of sp³-hybridized carbons (Fsp3) is 0.409. The molecule has 1 atom stereocenters. The lowest BCUT2D eigenvalue weighted by atomic mass is 10.0. The zero-order valence-electron chi connectivity index (χ0n) is 17.8. The summed E-state index contributed by atoms with van der Waals surface area (Å²) in [5.74, 6) is 0. The van der Waals surface area contributed by atoms with Crippen molar-refractivity contribution in [1.29, 1.82) is 0 Å². The van der Waals surface area contributed by atoms with E-state index in [0.29, 0.717) is 19.0 Å². The number of nitrogens with one attached hydrogen (secondary N) is 1. The van der Waals surface area contributed by atoms with E-state index in [2.05, 4.69) is 53.2 Å². The highest BCUT2D eigenvalue weighted by atomic mass is 32.2. The Hall–Kier alpha value is -2.22. The van der Waals surface area contributed by atoms with Crippen molar-refractivity contribution in [1.82, 2.24) is 18.6 Å². The van der Waals surface area contributed by atoms with E-state index < -0.39 is 10.2 Å². The van der Waals surface area contributed by atoms with Gasteiger partial charge in [0.15, 0.2) is 0 Å². The lowest BCUT2D eigenvalue weighted by molar-refractivity contribution is 0.505. The molecule has 2 heterocycles. The topological polar surface area (TPSA) is 67.2 Å². The molecule has 0 bridgehead atoms. The maximum Gasteiger partial charge on any atom is 0.278 e. The summed E-state index contributed by atoms with van der Waals surface area (Å²) < 4.78 is 30.3. The summed E-state index contributed by atoms with van der Waals surface area (Å²) in [5, 5.41) is 1.18. The maximum absolute atomic E-state index is 12.0. The van der Waals surface area contributed by atoms with Crippen LogP contribution in [-0.4, -0.2) is 42.9 Å². The average Bonchev–Trinajstić information content (AvgIpc) is 2.98. The second-order valence-corrected chi connectivity index (χ2v) is 9.56. The number of hydrogen-bond donors (Lipinski definition) is 1. The number of rotatable bonds is 8. The molecule has 6 nitrogen and oxygen atoms in total. The number of fused-ring (bicyclic) bond motifs is 1. The van der Waals surface area contributed by atoms with E-state index in [1.54, 1.807) is 12.4 Å². The smallest absolute Gasteiger partial charge is 0.278 e.